The Hall–Kier alpha value is -2.38. The number of aromatic nitrogens is 4. The summed E-state index contributed by atoms with van der Waals surface area (Å²) in [6, 6.07) is 0.225. The fourth-order valence-electron chi connectivity index (χ4n) is 3.16. The molecular formula is C16H25N7O. The largest absolute Gasteiger partial charge is 0.352 e. The Balaban J connectivity index is 1.58. The number of hydrogen-bond donors (Lipinski definition) is 1. The second-order valence-electron chi connectivity index (χ2n) is 6.75. The number of nitrogens with one attached hydrogen (secondary N) is 1. The van der Waals surface area contributed by atoms with Crippen LogP contribution in [0.3, 0.4) is 0 Å². The maximum Gasteiger partial charge on any atom is 0.317 e. The molecule has 0 spiro atoms. The molecule has 2 amide bonds. The van der Waals surface area contributed by atoms with Crippen LogP contribution in [-0.4, -0.2) is 62.7 Å². The van der Waals surface area contributed by atoms with Crippen LogP contribution in [-0.2, 0) is 0 Å². The van der Waals surface area contributed by atoms with Gasteiger partial charge in [0.15, 0.2) is 11.5 Å². The average molecular weight is 331 g/mol. The van der Waals surface area contributed by atoms with Gasteiger partial charge in [-0.3, -0.25) is 4.98 Å². The molecule has 1 atom stereocenters. The maximum atomic E-state index is 12.4. The van der Waals surface area contributed by atoms with Gasteiger partial charge in [0, 0.05) is 32.2 Å². The highest BCUT2D eigenvalue weighted by atomic mass is 16.2. The lowest BCUT2D eigenvalue weighted by Gasteiger charge is -2.36. The van der Waals surface area contributed by atoms with Crippen LogP contribution in [0.25, 0.3) is 5.65 Å². The van der Waals surface area contributed by atoms with E-state index in [1.165, 1.54) is 6.33 Å². The molecule has 2 aromatic heterocycles. The first kappa shape index (κ1) is 16.5. The first-order chi connectivity index (χ1) is 11.5. The molecule has 130 valence electrons. The van der Waals surface area contributed by atoms with Crippen molar-refractivity contribution in [1.29, 1.82) is 0 Å². The summed E-state index contributed by atoms with van der Waals surface area (Å²) in [5, 5.41) is 7.34. The summed E-state index contributed by atoms with van der Waals surface area (Å²) < 4.78 is 1.79. The molecule has 3 rings (SSSR count). The molecule has 1 saturated heterocycles. The summed E-state index contributed by atoms with van der Waals surface area (Å²) in [5.41, 5.74) is 0.732. The molecule has 24 heavy (non-hydrogen) atoms. The van der Waals surface area contributed by atoms with Crippen LogP contribution in [0.15, 0.2) is 18.7 Å². The molecule has 8 heteroatoms. The van der Waals surface area contributed by atoms with Crippen LogP contribution in [0, 0.1) is 5.92 Å². The number of piperazine rings is 1. The topological polar surface area (TPSA) is 78.7 Å². The molecule has 3 heterocycles. The molecule has 1 fully saturated rings. The third-order valence-electron chi connectivity index (χ3n) is 4.26. The van der Waals surface area contributed by atoms with Gasteiger partial charge in [-0.15, -0.1) is 0 Å². The third kappa shape index (κ3) is 3.58. The van der Waals surface area contributed by atoms with Crippen LogP contribution in [0.2, 0.25) is 0 Å². The highest BCUT2D eigenvalue weighted by molar-refractivity contribution is 5.74. The Kier molecular flexibility index (Phi) is 4.82. The van der Waals surface area contributed by atoms with Gasteiger partial charge in [-0.25, -0.2) is 9.78 Å². The van der Waals surface area contributed by atoms with Gasteiger partial charge in [0.25, 0.3) is 0 Å². The highest BCUT2D eigenvalue weighted by Gasteiger charge is 2.23. The quantitative estimate of drug-likeness (QED) is 0.916. The van der Waals surface area contributed by atoms with Gasteiger partial charge >= 0.3 is 6.03 Å². The maximum absolute atomic E-state index is 12.4. The normalized spacial score (nSPS) is 16.7. The van der Waals surface area contributed by atoms with Crippen LogP contribution < -0.4 is 10.2 Å². The molecular weight excluding hydrogens is 306 g/mol. The minimum atomic E-state index is 0.0277. The molecule has 0 aliphatic carbocycles. The zero-order valence-electron chi connectivity index (χ0n) is 14.5. The number of amides is 2. The molecule has 0 bridgehead atoms. The monoisotopic (exact) mass is 331 g/mol. The van der Waals surface area contributed by atoms with Crippen molar-refractivity contribution in [3.63, 3.8) is 0 Å². The van der Waals surface area contributed by atoms with Crippen molar-refractivity contribution in [2.24, 2.45) is 5.92 Å². The molecule has 1 N–H and O–H groups in total. The summed E-state index contributed by atoms with van der Waals surface area (Å²) in [5.74, 6) is 1.49. The van der Waals surface area contributed by atoms with Crippen molar-refractivity contribution in [2.75, 3.05) is 31.1 Å². The molecule has 1 aliphatic heterocycles. The summed E-state index contributed by atoms with van der Waals surface area (Å²) in [6.07, 6.45) is 6.00. The smallest absolute Gasteiger partial charge is 0.317 e. The zero-order valence-corrected chi connectivity index (χ0v) is 14.5. The summed E-state index contributed by atoms with van der Waals surface area (Å²) in [4.78, 5) is 24.8. The molecule has 1 aliphatic rings. The Morgan fingerprint density at radius 2 is 1.96 bits per heavy atom. The lowest BCUT2D eigenvalue weighted by molar-refractivity contribution is 0.189. The number of carbonyl (C=O) groups is 1. The number of fused-ring (bicyclic) bond motifs is 1. The lowest BCUT2D eigenvalue weighted by atomic mass is 10.1. The predicted molar refractivity (Wildman–Crippen MR) is 92.0 cm³/mol. The van der Waals surface area contributed by atoms with Gasteiger partial charge < -0.3 is 15.1 Å². The van der Waals surface area contributed by atoms with E-state index in [0.717, 1.165) is 31.0 Å². The number of anilines is 1. The Morgan fingerprint density at radius 3 is 2.67 bits per heavy atom. The summed E-state index contributed by atoms with van der Waals surface area (Å²) in [6.45, 7) is 9.28. The van der Waals surface area contributed by atoms with E-state index >= 15 is 0 Å². The van der Waals surface area contributed by atoms with E-state index in [4.69, 9.17) is 0 Å². The van der Waals surface area contributed by atoms with Crippen molar-refractivity contribution in [3.05, 3.63) is 18.7 Å². The SMILES string of the molecule is CC(C)C[C@@H](C)NC(=O)N1CCN(c2cncc3ncnn23)CC1. The molecule has 0 saturated carbocycles. The summed E-state index contributed by atoms with van der Waals surface area (Å²) >= 11 is 0. The minimum absolute atomic E-state index is 0.0277. The van der Waals surface area contributed by atoms with E-state index in [1.807, 2.05) is 4.90 Å². The second kappa shape index (κ2) is 7.02. The number of nitrogens with zero attached hydrogens (tertiary/aromatic N) is 6. The van der Waals surface area contributed by atoms with E-state index in [9.17, 15) is 4.79 Å². The van der Waals surface area contributed by atoms with Crippen LogP contribution in [0.5, 0.6) is 0 Å². The van der Waals surface area contributed by atoms with Crippen molar-refractivity contribution >= 4 is 17.5 Å². The number of rotatable bonds is 4. The first-order valence-corrected chi connectivity index (χ1v) is 8.48. The van der Waals surface area contributed by atoms with Gasteiger partial charge in [0.1, 0.15) is 6.33 Å². The number of urea groups is 1. The summed E-state index contributed by atoms with van der Waals surface area (Å²) in [7, 11) is 0. The van der Waals surface area contributed by atoms with Crippen molar-refractivity contribution in [1.82, 2.24) is 29.8 Å². The standard InChI is InChI=1S/C16H25N7O/c1-12(2)8-13(3)20-16(24)22-6-4-21(5-7-22)15-10-17-9-14-18-11-19-23(14)15/h9-13H,4-8H2,1-3H3,(H,20,24)/t13-/m1/s1. The number of carbonyl (C=O) groups excluding carboxylic acids is 1. The Bertz CT molecular complexity index is 691. The van der Waals surface area contributed by atoms with E-state index < -0.39 is 0 Å². The minimum Gasteiger partial charge on any atom is -0.352 e. The van der Waals surface area contributed by atoms with Crippen molar-refractivity contribution in [3.8, 4) is 0 Å². The molecule has 0 radical (unpaired) electrons. The van der Waals surface area contributed by atoms with Gasteiger partial charge in [0.2, 0.25) is 0 Å². The highest BCUT2D eigenvalue weighted by Crippen LogP contribution is 2.16. The first-order valence-electron chi connectivity index (χ1n) is 8.48. The fraction of sp³-hybridized carbons (Fsp3) is 0.625. The van der Waals surface area contributed by atoms with E-state index in [2.05, 4.69) is 46.1 Å². The van der Waals surface area contributed by atoms with Crippen LogP contribution in [0.1, 0.15) is 27.2 Å². The van der Waals surface area contributed by atoms with E-state index in [0.29, 0.717) is 19.0 Å². The van der Waals surface area contributed by atoms with E-state index in [-0.39, 0.29) is 12.1 Å². The number of hydrogen-bond acceptors (Lipinski definition) is 5. The second-order valence-corrected chi connectivity index (χ2v) is 6.75. The van der Waals surface area contributed by atoms with Gasteiger partial charge in [-0.05, 0) is 19.3 Å². The fourth-order valence-corrected chi connectivity index (χ4v) is 3.16. The van der Waals surface area contributed by atoms with Gasteiger partial charge in [0.05, 0.1) is 12.4 Å². The molecule has 0 unspecified atom stereocenters. The third-order valence-corrected chi connectivity index (χ3v) is 4.26. The lowest BCUT2D eigenvalue weighted by Crippen LogP contribution is -2.53. The van der Waals surface area contributed by atoms with Crippen LogP contribution >= 0.6 is 0 Å². The Labute approximate surface area is 141 Å². The predicted octanol–water partition coefficient (Wildman–Crippen LogP) is 1.39. The Morgan fingerprint density at radius 1 is 1.21 bits per heavy atom. The van der Waals surface area contributed by atoms with Crippen molar-refractivity contribution < 1.29 is 4.79 Å². The van der Waals surface area contributed by atoms with E-state index in [1.54, 1.807) is 16.9 Å². The molecule has 8 nitrogen and oxygen atoms in total. The molecule has 0 aromatic carbocycles. The molecule has 2 aromatic rings. The average Bonchev–Trinajstić information content (AvgIpc) is 3.02. The van der Waals surface area contributed by atoms with Gasteiger partial charge in [-0.1, -0.05) is 13.8 Å². The van der Waals surface area contributed by atoms with Crippen molar-refractivity contribution in [2.45, 2.75) is 33.2 Å². The van der Waals surface area contributed by atoms with Crippen LogP contribution in [0.4, 0.5) is 10.6 Å². The zero-order chi connectivity index (χ0) is 17.1. The van der Waals surface area contributed by atoms with Gasteiger partial charge in [-0.2, -0.15) is 9.61 Å².